The van der Waals surface area contributed by atoms with Crippen molar-refractivity contribution in [3.63, 3.8) is 0 Å². The van der Waals surface area contributed by atoms with E-state index in [9.17, 15) is 15.3 Å². The number of likely N-dealkylation sites (tertiary alicyclic amines) is 1. The quantitative estimate of drug-likeness (QED) is 0.173. The van der Waals surface area contributed by atoms with Gasteiger partial charge in [0.15, 0.2) is 0 Å². The van der Waals surface area contributed by atoms with Gasteiger partial charge in [-0.05, 0) is 80.6 Å². The second-order valence-corrected chi connectivity index (χ2v) is 12.8. The number of aryl methyl sites for hydroxylation is 2. The molecule has 2 saturated heterocycles. The number of nitrogens with one attached hydrogen (secondary N) is 3. The lowest BCUT2D eigenvalue weighted by Gasteiger charge is -2.44. The van der Waals surface area contributed by atoms with Crippen LogP contribution in [-0.2, 0) is 29.8 Å². The summed E-state index contributed by atoms with van der Waals surface area (Å²) in [6.07, 6.45) is 4.06. The zero-order valence-electron chi connectivity index (χ0n) is 27.1. The molecule has 1 atom stereocenters. The van der Waals surface area contributed by atoms with Gasteiger partial charge in [-0.25, -0.2) is 0 Å². The molecule has 6 rings (SSSR count). The zero-order valence-corrected chi connectivity index (χ0v) is 27.1. The fourth-order valence-electron chi connectivity index (χ4n) is 7.30. The number of benzene rings is 3. The van der Waals surface area contributed by atoms with Gasteiger partial charge in [0.2, 0.25) is 0 Å². The molecular formula is C37H41N9O. The number of aromatic amines is 1. The van der Waals surface area contributed by atoms with Crippen molar-refractivity contribution in [3.05, 3.63) is 105 Å². The maximum absolute atomic E-state index is 14.6. The van der Waals surface area contributed by atoms with Crippen molar-refractivity contribution < 1.29 is 4.79 Å². The predicted molar refractivity (Wildman–Crippen MR) is 180 cm³/mol. The molecule has 1 amide bonds. The SMILES string of the molecule is Cc1cc(C)cc(CC(C(C(=O)NCc2ccc3[nH]nnc3c2)=C(C#N)C#N)(c2cccc(CN3CCCCC3)c2)N2CCNC2)c1. The van der Waals surface area contributed by atoms with E-state index in [0.29, 0.717) is 25.2 Å². The monoisotopic (exact) mass is 627 g/mol. The topological polar surface area (TPSA) is 137 Å². The number of hydrogen-bond acceptors (Lipinski definition) is 8. The first kappa shape index (κ1) is 32.1. The highest BCUT2D eigenvalue weighted by molar-refractivity contribution is 5.98. The third-order valence-corrected chi connectivity index (χ3v) is 9.36. The van der Waals surface area contributed by atoms with Gasteiger partial charge < -0.3 is 10.6 Å². The number of hydrogen-bond donors (Lipinski definition) is 3. The average Bonchev–Trinajstić information content (AvgIpc) is 3.78. The molecule has 4 aromatic rings. The molecule has 3 aromatic carbocycles. The van der Waals surface area contributed by atoms with Crippen molar-refractivity contribution in [1.29, 1.82) is 10.5 Å². The van der Waals surface area contributed by atoms with Gasteiger partial charge in [-0.2, -0.15) is 10.5 Å². The maximum atomic E-state index is 14.6. The molecule has 10 nitrogen and oxygen atoms in total. The van der Waals surface area contributed by atoms with Crippen molar-refractivity contribution in [2.24, 2.45) is 0 Å². The summed E-state index contributed by atoms with van der Waals surface area (Å²) in [5.41, 5.74) is 6.52. The molecule has 1 aromatic heterocycles. The first-order valence-electron chi connectivity index (χ1n) is 16.4. The van der Waals surface area contributed by atoms with Crippen LogP contribution in [0.4, 0.5) is 0 Å². The molecule has 3 N–H and O–H groups in total. The molecule has 0 aliphatic carbocycles. The Morgan fingerprint density at radius 2 is 1.72 bits per heavy atom. The van der Waals surface area contributed by atoms with Gasteiger partial charge >= 0.3 is 0 Å². The van der Waals surface area contributed by atoms with E-state index < -0.39 is 11.4 Å². The second kappa shape index (κ2) is 14.3. The number of allylic oxidation sites excluding steroid dienone is 1. The lowest BCUT2D eigenvalue weighted by atomic mass is 9.73. The van der Waals surface area contributed by atoms with Gasteiger partial charge in [0.05, 0.1) is 16.6 Å². The molecule has 1 unspecified atom stereocenters. The van der Waals surface area contributed by atoms with Crippen molar-refractivity contribution in [1.82, 2.24) is 35.8 Å². The number of carbonyl (C=O) groups is 1. The normalized spacial score (nSPS) is 16.7. The number of aromatic nitrogens is 3. The van der Waals surface area contributed by atoms with Gasteiger partial charge in [-0.1, -0.05) is 71.3 Å². The Labute approximate surface area is 276 Å². The molecule has 0 spiro atoms. The molecule has 240 valence electrons. The van der Waals surface area contributed by atoms with Crippen LogP contribution < -0.4 is 10.6 Å². The summed E-state index contributed by atoms with van der Waals surface area (Å²) in [5, 5.41) is 38.2. The van der Waals surface area contributed by atoms with Gasteiger partial charge in [-0.15, -0.1) is 5.10 Å². The van der Waals surface area contributed by atoms with E-state index >= 15 is 0 Å². The molecule has 47 heavy (non-hydrogen) atoms. The molecule has 2 aliphatic heterocycles. The number of carbonyl (C=O) groups excluding carboxylic acids is 1. The van der Waals surface area contributed by atoms with Crippen LogP contribution in [-0.4, -0.2) is 64.0 Å². The van der Waals surface area contributed by atoms with Gasteiger partial charge in [0, 0.05) is 32.8 Å². The minimum atomic E-state index is -1.11. The highest BCUT2D eigenvalue weighted by atomic mass is 16.1. The van der Waals surface area contributed by atoms with Crippen molar-refractivity contribution in [2.45, 2.75) is 58.2 Å². The van der Waals surface area contributed by atoms with Crippen molar-refractivity contribution in [2.75, 3.05) is 32.8 Å². The van der Waals surface area contributed by atoms with Crippen LogP contribution in [0.2, 0.25) is 0 Å². The molecule has 0 radical (unpaired) electrons. The lowest BCUT2D eigenvalue weighted by Crippen LogP contribution is -2.52. The lowest BCUT2D eigenvalue weighted by molar-refractivity contribution is -0.119. The van der Waals surface area contributed by atoms with Gasteiger partial charge in [0.25, 0.3) is 5.91 Å². The number of rotatable bonds is 10. The first-order chi connectivity index (χ1) is 22.9. The van der Waals surface area contributed by atoms with Gasteiger partial charge in [-0.3, -0.25) is 19.7 Å². The Kier molecular flexibility index (Phi) is 9.74. The molecule has 2 fully saturated rings. The summed E-state index contributed by atoms with van der Waals surface area (Å²) in [4.78, 5) is 19.3. The Balaban J connectivity index is 1.49. The Morgan fingerprint density at radius 3 is 2.45 bits per heavy atom. The Hall–Kier alpha value is -4.87. The molecular weight excluding hydrogens is 586 g/mol. The number of nitriles is 2. The zero-order chi connectivity index (χ0) is 32.8. The predicted octanol–water partition coefficient (Wildman–Crippen LogP) is 4.52. The van der Waals surface area contributed by atoms with Crippen molar-refractivity contribution in [3.8, 4) is 12.1 Å². The third-order valence-electron chi connectivity index (χ3n) is 9.36. The summed E-state index contributed by atoms with van der Waals surface area (Å²) in [6, 6.07) is 24.7. The van der Waals surface area contributed by atoms with E-state index in [1.54, 1.807) is 0 Å². The molecule has 0 saturated carbocycles. The van der Waals surface area contributed by atoms with E-state index in [1.165, 1.54) is 19.3 Å². The highest BCUT2D eigenvalue weighted by Crippen LogP contribution is 2.42. The van der Waals surface area contributed by atoms with Crippen LogP contribution in [0.15, 0.2) is 71.8 Å². The van der Waals surface area contributed by atoms with E-state index in [1.807, 2.05) is 18.2 Å². The van der Waals surface area contributed by atoms with Crippen LogP contribution in [0.3, 0.4) is 0 Å². The number of fused-ring (bicyclic) bond motifs is 1. The summed E-state index contributed by atoms with van der Waals surface area (Å²) in [7, 11) is 0. The fourth-order valence-corrected chi connectivity index (χ4v) is 7.30. The Morgan fingerprint density at radius 1 is 0.936 bits per heavy atom. The number of nitrogens with zero attached hydrogens (tertiary/aromatic N) is 6. The number of piperidine rings is 1. The van der Waals surface area contributed by atoms with E-state index in [4.69, 9.17) is 0 Å². The van der Waals surface area contributed by atoms with Crippen LogP contribution in [0.5, 0.6) is 0 Å². The summed E-state index contributed by atoms with van der Waals surface area (Å²) in [6.45, 7) is 9.15. The molecule has 0 bridgehead atoms. The standard InChI is InChI=1S/C37H41N9O/c1-26-15-27(2)17-30(16-26)20-37(46-14-11-40-25-46,32-8-6-7-29(18-32)24-45-12-4-3-5-13-45)35(31(21-38)22-39)36(47)41-23-28-9-10-33-34(19-28)43-44-42-33/h6-10,15-19,40H,3-5,11-14,20,23-25H2,1-2H3,(H,41,47)(H,42,43,44). The van der Waals surface area contributed by atoms with Crippen molar-refractivity contribution >= 4 is 16.9 Å². The number of H-pyrrole nitrogens is 1. The highest BCUT2D eigenvalue weighted by Gasteiger charge is 2.48. The smallest absolute Gasteiger partial charge is 0.251 e. The van der Waals surface area contributed by atoms with Crippen LogP contribution in [0, 0.1) is 36.5 Å². The fraction of sp³-hybridized carbons (Fsp3) is 0.378. The second-order valence-electron chi connectivity index (χ2n) is 12.8. The number of amides is 1. The summed E-state index contributed by atoms with van der Waals surface area (Å²) in [5.74, 6) is -0.443. The summed E-state index contributed by atoms with van der Waals surface area (Å²) >= 11 is 0. The minimum Gasteiger partial charge on any atom is -0.348 e. The van der Waals surface area contributed by atoms with Crippen LogP contribution in [0.25, 0.3) is 11.0 Å². The Bertz CT molecular complexity index is 1830. The largest absolute Gasteiger partial charge is 0.348 e. The third kappa shape index (κ3) is 6.96. The average molecular weight is 628 g/mol. The summed E-state index contributed by atoms with van der Waals surface area (Å²) < 4.78 is 0. The van der Waals surface area contributed by atoms with E-state index in [-0.39, 0.29) is 17.7 Å². The van der Waals surface area contributed by atoms with Crippen LogP contribution >= 0.6 is 0 Å². The first-order valence-corrected chi connectivity index (χ1v) is 16.4. The molecule has 3 heterocycles. The van der Waals surface area contributed by atoms with E-state index in [0.717, 1.165) is 65.1 Å². The van der Waals surface area contributed by atoms with Crippen LogP contribution in [0.1, 0.15) is 52.6 Å². The molecule has 2 aliphatic rings. The van der Waals surface area contributed by atoms with E-state index in [2.05, 4.69) is 104 Å². The maximum Gasteiger partial charge on any atom is 0.251 e. The minimum absolute atomic E-state index is 0.169. The van der Waals surface area contributed by atoms with Gasteiger partial charge in [0.1, 0.15) is 23.2 Å². The molecule has 10 heteroatoms.